The Morgan fingerprint density at radius 2 is 2.14 bits per heavy atom. The van der Waals surface area contributed by atoms with E-state index in [-0.39, 0.29) is 17.1 Å². The zero-order valence-electron chi connectivity index (χ0n) is 11.0. The number of pyridine rings is 1. The molecule has 0 saturated carbocycles. The van der Waals surface area contributed by atoms with Crippen LogP contribution in [-0.2, 0) is 0 Å². The fraction of sp³-hybridized carbons (Fsp3) is 0. The maximum Gasteiger partial charge on any atom is 0.338 e. The fourth-order valence-corrected chi connectivity index (χ4v) is 3.28. The van der Waals surface area contributed by atoms with Crippen molar-refractivity contribution in [1.29, 1.82) is 0 Å². The second kappa shape index (κ2) is 5.08. The van der Waals surface area contributed by atoms with Crippen LogP contribution in [0.2, 0.25) is 0 Å². The Hall–Kier alpha value is -3.00. The number of carboxylic acid groups (broad SMARTS) is 1. The minimum absolute atomic E-state index is 0.0282. The summed E-state index contributed by atoms with van der Waals surface area (Å²) in [6.45, 7) is 0. The minimum atomic E-state index is -1.09. The highest BCUT2D eigenvalue weighted by atomic mass is 32.1. The third-order valence-electron chi connectivity index (χ3n) is 3.16. The lowest BCUT2D eigenvalue weighted by molar-refractivity contribution is -0.384. The van der Waals surface area contributed by atoms with Crippen LogP contribution in [0.15, 0.2) is 36.5 Å². The van der Waals surface area contributed by atoms with Gasteiger partial charge in [0.2, 0.25) is 0 Å². The molecule has 0 fully saturated rings. The van der Waals surface area contributed by atoms with Crippen molar-refractivity contribution in [3.63, 3.8) is 0 Å². The van der Waals surface area contributed by atoms with Crippen molar-refractivity contribution in [1.82, 2.24) is 4.98 Å². The van der Waals surface area contributed by atoms with Crippen LogP contribution in [0.5, 0.6) is 0 Å². The van der Waals surface area contributed by atoms with Crippen LogP contribution in [0.4, 0.5) is 11.5 Å². The topological polar surface area (TPSA) is 119 Å². The summed E-state index contributed by atoms with van der Waals surface area (Å²) in [5.74, 6) is -0.863. The van der Waals surface area contributed by atoms with Crippen molar-refractivity contribution in [2.45, 2.75) is 0 Å². The van der Waals surface area contributed by atoms with Crippen LogP contribution in [0.25, 0.3) is 20.5 Å². The van der Waals surface area contributed by atoms with Gasteiger partial charge in [-0.3, -0.25) is 10.1 Å². The molecule has 0 radical (unpaired) electrons. The summed E-state index contributed by atoms with van der Waals surface area (Å²) in [7, 11) is 0. The molecule has 0 aliphatic heterocycles. The predicted octanol–water partition coefficient (Wildman–Crippen LogP) is 3.15. The van der Waals surface area contributed by atoms with Crippen LogP contribution in [-0.4, -0.2) is 21.0 Å². The van der Waals surface area contributed by atoms with Gasteiger partial charge in [-0.1, -0.05) is 12.1 Å². The van der Waals surface area contributed by atoms with Gasteiger partial charge < -0.3 is 10.8 Å². The molecule has 3 aromatic rings. The molecule has 0 atom stereocenters. The zero-order valence-corrected chi connectivity index (χ0v) is 11.8. The van der Waals surface area contributed by atoms with Crippen LogP contribution in [0, 0.1) is 10.1 Å². The number of nitrogen functional groups attached to an aromatic ring is 1. The number of non-ortho nitro benzene ring substituents is 1. The van der Waals surface area contributed by atoms with Gasteiger partial charge in [-0.05, 0) is 11.6 Å². The van der Waals surface area contributed by atoms with Crippen molar-refractivity contribution in [3.8, 4) is 10.4 Å². The number of nitrogens with zero attached hydrogens (tertiary/aromatic N) is 2. The number of hydrogen-bond donors (Lipinski definition) is 2. The summed E-state index contributed by atoms with van der Waals surface area (Å²) in [6, 6.07) is 7.84. The van der Waals surface area contributed by atoms with Gasteiger partial charge in [0.05, 0.1) is 15.2 Å². The van der Waals surface area contributed by atoms with E-state index in [0.717, 1.165) is 0 Å². The van der Waals surface area contributed by atoms with Gasteiger partial charge in [-0.2, -0.15) is 0 Å². The highest BCUT2D eigenvalue weighted by Crippen LogP contribution is 2.38. The number of carboxylic acids is 1. The molecule has 0 unspecified atom stereocenters. The van der Waals surface area contributed by atoms with Gasteiger partial charge in [0, 0.05) is 28.6 Å². The number of thiophene rings is 1. The first kappa shape index (κ1) is 14.0. The summed E-state index contributed by atoms with van der Waals surface area (Å²) < 4.78 is 0.501. The molecule has 0 saturated heterocycles. The molecule has 1 aromatic carbocycles. The van der Waals surface area contributed by atoms with E-state index in [1.165, 1.54) is 29.7 Å². The molecular formula is C14H9N3O4S. The molecule has 0 aliphatic carbocycles. The Balaban J connectivity index is 2.23. The van der Waals surface area contributed by atoms with E-state index in [2.05, 4.69) is 4.98 Å². The lowest BCUT2D eigenvalue weighted by Crippen LogP contribution is -1.99. The largest absolute Gasteiger partial charge is 0.478 e. The molecule has 3 rings (SSSR count). The summed E-state index contributed by atoms with van der Waals surface area (Å²) in [4.78, 5) is 26.2. The molecule has 2 heterocycles. The van der Waals surface area contributed by atoms with Crippen molar-refractivity contribution in [2.24, 2.45) is 0 Å². The van der Waals surface area contributed by atoms with E-state index in [1.807, 2.05) is 0 Å². The number of aromatic carboxylic acids is 1. The van der Waals surface area contributed by atoms with E-state index in [1.54, 1.807) is 18.2 Å². The molecule has 110 valence electrons. The van der Waals surface area contributed by atoms with E-state index >= 15 is 0 Å². The summed E-state index contributed by atoms with van der Waals surface area (Å²) in [5, 5.41) is 20.6. The molecule has 0 bridgehead atoms. The van der Waals surface area contributed by atoms with E-state index in [4.69, 9.17) is 5.73 Å². The first-order valence-electron chi connectivity index (χ1n) is 6.13. The van der Waals surface area contributed by atoms with E-state index in [0.29, 0.717) is 20.5 Å². The number of anilines is 1. The van der Waals surface area contributed by atoms with E-state index in [9.17, 15) is 20.0 Å². The van der Waals surface area contributed by atoms with Crippen molar-refractivity contribution in [2.75, 3.05) is 5.73 Å². The Bertz CT molecular complexity index is 920. The summed E-state index contributed by atoms with van der Waals surface area (Å²) >= 11 is 1.22. The number of nitro benzene ring substituents is 1. The molecule has 0 aliphatic rings. The third-order valence-corrected chi connectivity index (χ3v) is 4.37. The number of rotatable bonds is 3. The molecular weight excluding hydrogens is 306 g/mol. The predicted molar refractivity (Wildman–Crippen MR) is 83.1 cm³/mol. The first-order valence-corrected chi connectivity index (χ1v) is 6.95. The number of nitro groups is 1. The lowest BCUT2D eigenvalue weighted by atomic mass is 10.1. The molecule has 0 spiro atoms. The first-order chi connectivity index (χ1) is 10.5. The maximum atomic E-state index is 11.3. The quantitative estimate of drug-likeness (QED) is 0.566. The van der Waals surface area contributed by atoms with Gasteiger partial charge in [0.15, 0.2) is 0 Å². The average molecular weight is 315 g/mol. The maximum absolute atomic E-state index is 11.3. The van der Waals surface area contributed by atoms with Crippen molar-refractivity contribution < 1.29 is 14.8 Å². The van der Waals surface area contributed by atoms with Gasteiger partial charge in [0.25, 0.3) is 5.69 Å². The molecule has 22 heavy (non-hydrogen) atoms. The SMILES string of the molecule is Nc1ncc(C(=O)O)c2sc(-c3cccc([N+](=O)[O-])c3)cc12. The second-order valence-corrected chi connectivity index (χ2v) is 5.58. The summed E-state index contributed by atoms with van der Waals surface area (Å²) in [6.07, 6.45) is 1.22. The second-order valence-electron chi connectivity index (χ2n) is 4.52. The Morgan fingerprint density at radius 3 is 2.82 bits per heavy atom. The lowest BCUT2D eigenvalue weighted by Gasteiger charge is -1.98. The fourth-order valence-electron chi connectivity index (χ4n) is 2.11. The molecule has 3 N–H and O–H groups in total. The van der Waals surface area contributed by atoms with Crippen LogP contribution in [0.1, 0.15) is 10.4 Å². The smallest absolute Gasteiger partial charge is 0.338 e. The Kier molecular flexibility index (Phi) is 3.22. The third kappa shape index (κ3) is 2.25. The number of fused-ring (bicyclic) bond motifs is 1. The average Bonchev–Trinajstić information content (AvgIpc) is 2.93. The highest BCUT2D eigenvalue weighted by molar-refractivity contribution is 7.22. The molecule has 0 amide bonds. The normalized spacial score (nSPS) is 10.7. The Labute approximate surface area is 127 Å². The zero-order chi connectivity index (χ0) is 15.9. The van der Waals surface area contributed by atoms with E-state index < -0.39 is 10.9 Å². The van der Waals surface area contributed by atoms with Gasteiger partial charge in [0.1, 0.15) is 5.82 Å². The number of hydrogen-bond acceptors (Lipinski definition) is 6. The monoisotopic (exact) mass is 315 g/mol. The minimum Gasteiger partial charge on any atom is -0.478 e. The Morgan fingerprint density at radius 1 is 1.36 bits per heavy atom. The highest BCUT2D eigenvalue weighted by Gasteiger charge is 2.16. The van der Waals surface area contributed by atoms with Crippen molar-refractivity contribution >= 4 is 38.9 Å². The van der Waals surface area contributed by atoms with Crippen molar-refractivity contribution in [3.05, 3.63) is 52.2 Å². The van der Waals surface area contributed by atoms with Gasteiger partial charge in [-0.15, -0.1) is 11.3 Å². The number of carbonyl (C=O) groups is 1. The molecule has 8 heteroatoms. The van der Waals surface area contributed by atoms with Crippen LogP contribution in [0.3, 0.4) is 0 Å². The van der Waals surface area contributed by atoms with Crippen LogP contribution < -0.4 is 5.73 Å². The number of nitrogens with two attached hydrogens (primary N) is 1. The summed E-state index contributed by atoms with van der Waals surface area (Å²) in [5.41, 5.74) is 6.45. The molecule has 7 nitrogen and oxygen atoms in total. The molecule has 2 aromatic heterocycles. The van der Waals surface area contributed by atoms with Gasteiger partial charge in [-0.25, -0.2) is 9.78 Å². The number of aromatic nitrogens is 1. The number of benzene rings is 1. The van der Waals surface area contributed by atoms with Gasteiger partial charge >= 0.3 is 5.97 Å². The standard InChI is InChI=1S/C14H9N3O4S/c15-13-9-5-11(7-2-1-3-8(4-7)17(20)21)22-12(9)10(6-16-13)14(18)19/h1-6H,(H2,15,16)(H,18,19). The van der Waals surface area contributed by atoms with Crippen LogP contribution >= 0.6 is 11.3 Å².